The third-order valence-electron chi connectivity index (χ3n) is 5.23. The summed E-state index contributed by atoms with van der Waals surface area (Å²) in [6.45, 7) is 3.20. The molecule has 0 bridgehead atoms. The van der Waals surface area contributed by atoms with Gasteiger partial charge in [-0.05, 0) is 49.2 Å². The summed E-state index contributed by atoms with van der Waals surface area (Å²) in [5.41, 5.74) is 7.81. The average Bonchev–Trinajstić information content (AvgIpc) is 3.29. The van der Waals surface area contributed by atoms with E-state index in [2.05, 4.69) is 16.3 Å². The van der Waals surface area contributed by atoms with E-state index in [1.165, 1.54) is 32.6 Å². The van der Waals surface area contributed by atoms with Crippen LogP contribution in [0.15, 0.2) is 36.4 Å². The van der Waals surface area contributed by atoms with Crippen LogP contribution in [0.25, 0.3) is 0 Å². The molecule has 1 saturated heterocycles. The molecule has 1 aliphatic rings. The van der Waals surface area contributed by atoms with Gasteiger partial charge in [-0.2, -0.15) is 0 Å². The van der Waals surface area contributed by atoms with Crippen LogP contribution in [0.3, 0.4) is 0 Å². The number of nitrogens with zero attached hydrogens (tertiary/aromatic N) is 1. The number of likely N-dealkylation sites (tertiary alicyclic amines) is 1. The predicted octanol–water partition coefficient (Wildman–Crippen LogP) is 2.09. The largest absolute Gasteiger partial charge is 0.493 e. The standard InChI is InChI=1S/C23H29N3O5/c1-29-19-11-18(12-20(30-2)22(19)31-15-21(24)27)23(28)25-13-16-7-3-4-8-17(16)14-26-9-5-6-10-26/h3-4,7-8,11-12H,5-6,9-10,13-15H2,1-2H3,(H2,24,27)(H,25,28). The highest BCUT2D eigenvalue weighted by Gasteiger charge is 2.19. The fourth-order valence-corrected chi connectivity index (χ4v) is 3.64. The normalized spacial score (nSPS) is 13.6. The van der Waals surface area contributed by atoms with Gasteiger partial charge < -0.3 is 25.3 Å². The zero-order valence-electron chi connectivity index (χ0n) is 18.0. The molecule has 2 amide bonds. The number of nitrogens with two attached hydrogens (primary N) is 1. The summed E-state index contributed by atoms with van der Waals surface area (Å²) in [5.74, 6) is -0.121. The number of hydrogen-bond donors (Lipinski definition) is 2. The third kappa shape index (κ3) is 5.88. The van der Waals surface area contributed by atoms with Gasteiger partial charge in [0.15, 0.2) is 18.1 Å². The van der Waals surface area contributed by atoms with Crippen molar-refractivity contribution in [2.45, 2.75) is 25.9 Å². The van der Waals surface area contributed by atoms with E-state index >= 15 is 0 Å². The van der Waals surface area contributed by atoms with E-state index < -0.39 is 5.91 Å². The van der Waals surface area contributed by atoms with Gasteiger partial charge in [-0.1, -0.05) is 24.3 Å². The molecule has 0 radical (unpaired) electrons. The third-order valence-corrected chi connectivity index (χ3v) is 5.23. The number of carbonyl (C=O) groups excluding carboxylic acids is 2. The van der Waals surface area contributed by atoms with Crippen molar-refractivity contribution in [3.8, 4) is 17.2 Å². The van der Waals surface area contributed by atoms with Crippen molar-refractivity contribution in [1.82, 2.24) is 10.2 Å². The van der Waals surface area contributed by atoms with Gasteiger partial charge >= 0.3 is 0 Å². The highest BCUT2D eigenvalue weighted by atomic mass is 16.5. The van der Waals surface area contributed by atoms with E-state index in [1.807, 2.05) is 18.2 Å². The summed E-state index contributed by atoms with van der Waals surface area (Å²) < 4.78 is 16.0. The first kappa shape index (κ1) is 22.4. The molecular weight excluding hydrogens is 398 g/mol. The molecule has 0 aromatic heterocycles. The molecule has 31 heavy (non-hydrogen) atoms. The maximum absolute atomic E-state index is 12.8. The first-order valence-corrected chi connectivity index (χ1v) is 10.3. The van der Waals surface area contributed by atoms with Gasteiger partial charge in [0.05, 0.1) is 14.2 Å². The van der Waals surface area contributed by atoms with Gasteiger partial charge in [0, 0.05) is 18.7 Å². The summed E-state index contributed by atoms with van der Waals surface area (Å²) in [5, 5.41) is 2.97. The highest BCUT2D eigenvalue weighted by molar-refractivity contribution is 5.95. The fraction of sp³-hybridized carbons (Fsp3) is 0.391. The Morgan fingerprint density at radius 2 is 1.65 bits per heavy atom. The molecule has 0 saturated carbocycles. The van der Waals surface area contributed by atoms with Crippen LogP contribution in [0.2, 0.25) is 0 Å². The van der Waals surface area contributed by atoms with E-state index in [4.69, 9.17) is 19.9 Å². The van der Waals surface area contributed by atoms with Crippen LogP contribution in [-0.2, 0) is 17.9 Å². The van der Waals surface area contributed by atoms with Gasteiger partial charge in [0.1, 0.15) is 0 Å². The number of hydrogen-bond acceptors (Lipinski definition) is 6. The number of methoxy groups -OCH3 is 2. The van der Waals surface area contributed by atoms with Crippen LogP contribution in [0.4, 0.5) is 0 Å². The number of amides is 2. The van der Waals surface area contributed by atoms with Crippen molar-refractivity contribution in [2.75, 3.05) is 33.9 Å². The van der Waals surface area contributed by atoms with E-state index in [1.54, 1.807) is 12.1 Å². The fourth-order valence-electron chi connectivity index (χ4n) is 3.64. The van der Waals surface area contributed by atoms with Crippen molar-refractivity contribution in [3.05, 3.63) is 53.1 Å². The molecule has 0 atom stereocenters. The summed E-state index contributed by atoms with van der Waals surface area (Å²) in [6.07, 6.45) is 2.48. The Labute approximate surface area is 182 Å². The lowest BCUT2D eigenvalue weighted by atomic mass is 10.1. The Balaban J connectivity index is 1.72. The predicted molar refractivity (Wildman–Crippen MR) is 116 cm³/mol. The Morgan fingerprint density at radius 1 is 1.03 bits per heavy atom. The molecule has 1 heterocycles. The minimum Gasteiger partial charge on any atom is -0.493 e. The number of primary amides is 1. The van der Waals surface area contributed by atoms with Crippen molar-refractivity contribution in [3.63, 3.8) is 0 Å². The van der Waals surface area contributed by atoms with E-state index in [-0.39, 0.29) is 29.8 Å². The van der Waals surface area contributed by atoms with Crippen LogP contribution in [-0.4, -0.2) is 50.6 Å². The molecule has 2 aromatic rings. The van der Waals surface area contributed by atoms with Crippen LogP contribution < -0.4 is 25.3 Å². The number of nitrogens with one attached hydrogen (secondary N) is 1. The van der Waals surface area contributed by atoms with Crippen LogP contribution >= 0.6 is 0 Å². The zero-order chi connectivity index (χ0) is 22.2. The van der Waals surface area contributed by atoms with Crippen LogP contribution in [0, 0.1) is 0 Å². The second-order valence-electron chi connectivity index (χ2n) is 7.40. The molecule has 3 rings (SSSR count). The second-order valence-corrected chi connectivity index (χ2v) is 7.40. The first-order chi connectivity index (χ1) is 15.0. The van der Waals surface area contributed by atoms with E-state index in [9.17, 15) is 9.59 Å². The smallest absolute Gasteiger partial charge is 0.255 e. The van der Waals surface area contributed by atoms with Gasteiger partial charge in [0.2, 0.25) is 5.75 Å². The molecule has 0 aliphatic carbocycles. The number of benzene rings is 2. The number of rotatable bonds is 10. The summed E-state index contributed by atoms with van der Waals surface area (Å²) in [6, 6.07) is 11.2. The van der Waals surface area contributed by atoms with Crippen molar-refractivity contribution in [2.24, 2.45) is 5.73 Å². The quantitative estimate of drug-likeness (QED) is 0.602. The molecule has 0 unspecified atom stereocenters. The van der Waals surface area contributed by atoms with Crippen molar-refractivity contribution in [1.29, 1.82) is 0 Å². The van der Waals surface area contributed by atoms with Gasteiger partial charge in [-0.3, -0.25) is 14.5 Å². The average molecular weight is 428 g/mol. The lowest BCUT2D eigenvalue weighted by molar-refractivity contribution is -0.120. The summed E-state index contributed by atoms with van der Waals surface area (Å²) in [4.78, 5) is 26.3. The Hall–Kier alpha value is -3.26. The molecule has 8 nitrogen and oxygen atoms in total. The Kier molecular flexibility index (Phi) is 7.72. The molecule has 1 fully saturated rings. The summed E-state index contributed by atoms with van der Waals surface area (Å²) in [7, 11) is 2.89. The Bertz CT molecular complexity index is 900. The molecular formula is C23H29N3O5. The highest BCUT2D eigenvalue weighted by Crippen LogP contribution is 2.38. The van der Waals surface area contributed by atoms with Gasteiger partial charge in [-0.25, -0.2) is 0 Å². The van der Waals surface area contributed by atoms with Gasteiger partial charge in [0.25, 0.3) is 11.8 Å². The minimum absolute atomic E-state index is 0.219. The van der Waals surface area contributed by atoms with Crippen LogP contribution in [0.5, 0.6) is 17.2 Å². The lowest BCUT2D eigenvalue weighted by Crippen LogP contribution is -2.25. The molecule has 1 aliphatic heterocycles. The Morgan fingerprint density at radius 3 is 2.23 bits per heavy atom. The van der Waals surface area contributed by atoms with Crippen LogP contribution in [0.1, 0.15) is 34.3 Å². The van der Waals surface area contributed by atoms with Crippen molar-refractivity contribution >= 4 is 11.8 Å². The molecule has 0 spiro atoms. The van der Waals surface area contributed by atoms with E-state index in [0.29, 0.717) is 12.1 Å². The SMILES string of the molecule is COc1cc(C(=O)NCc2ccccc2CN2CCCC2)cc(OC)c1OCC(N)=O. The molecule has 3 N–H and O–H groups in total. The number of carbonyl (C=O) groups is 2. The van der Waals surface area contributed by atoms with Gasteiger partial charge in [-0.15, -0.1) is 0 Å². The summed E-state index contributed by atoms with van der Waals surface area (Å²) >= 11 is 0. The van der Waals surface area contributed by atoms with E-state index in [0.717, 1.165) is 25.2 Å². The second kappa shape index (κ2) is 10.7. The zero-order valence-corrected chi connectivity index (χ0v) is 18.0. The maximum Gasteiger partial charge on any atom is 0.255 e. The first-order valence-electron chi connectivity index (χ1n) is 10.3. The molecule has 166 valence electrons. The number of ether oxygens (including phenoxy) is 3. The topological polar surface area (TPSA) is 103 Å². The molecule has 2 aromatic carbocycles. The molecule has 8 heteroatoms. The maximum atomic E-state index is 12.8. The van der Waals surface area contributed by atoms with Crippen molar-refractivity contribution < 1.29 is 23.8 Å². The lowest BCUT2D eigenvalue weighted by Gasteiger charge is -2.18. The monoisotopic (exact) mass is 427 g/mol. The minimum atomic E-state index is -0.626.